The zero-order chi connectivity index (χ0) is 40.9. The molecule has 6 atom stereocenters. The van der Waals surface area contributed by atoms with Gasteiger partial charge in [-0.3, -0.25) is 0 Å². The lowest BCUT2D eigenvalue weighted by atomic mass is 9.90. The first-order valence-electron chi connectivity index (χ1n) is 21.1. The molecule has 310 valence electrons. The third kappa shape index (κ3) is 11.7. The standard InChI is InChI=1S/C46H67N3O6Si2/c1-9-56(10-2,11-3)52-34-44(48-49-47)45-32-41(55-57(46(5,6)7,42-18-14-12-15-19-42)43-20-16-13-17-21-43)31-40(54-45)30-39-29-35(4)28-38(53-39)26-27-51-33-36-22-24-37(50-8)25-23-36/h12-25,38-41,44-45H,4,9-11,26-34H2,1-3,5-8H3/t38-,39+,40+,41+,44+,45+/m0/s1. The molecule has 3 aromatic rings. The molecule has 9 nitrogen and oxygen atoms in total. The maximum absolute atomic E-state index is 9.87. The van der Waals surface area contributed by atoms with Gasteiger partial charge in [0.2, 0.25) is 0 Å². The van der Waals surface area contributed by atoms with Gasteiger partial charge in [0.1, 0.15) is 5.75 Å². The van der Waals surface area contributed by atoms with Gasteiger partial charge >= 0.3 is 0 Å². The molecule has 0 aliphatic carbocycles. The Morgan fingerprint density at radius 1 is 0.842 bits per heavy atom. The van der Waals surface area contributed by atoms with E-state index in [1.807, 2.05) is 24.3 Å². The van der Waals surface area contributed by atoms with Gasteiger partial charge in [-0.05, 0) is 88.9 Å². The minimum Gasteiger partial charge on any atom is -0.497 e. The fourth-order valence-corrected chi connectivity index (χ4v) is 16.2. The Labute approximate surface area is 344 Å². The van der Waals surface area contributed by atoms with E-state index in [0.717, 1.165) is 48.7 Å². The number of benzene rings is 3. The Kier molecular flexibility index (Phi) is 16.6. The van der Waals surface area contributed by atoms with Crippen LogP contribution in [0.2, 0.25) is 23.2 Å². The maximum Gasteiger partial charge on any atom is 0.261 e. The van der Waals surface area contributed by atoms with Crippen LogP contribution in [-0.4, -0.2) is 73.5 Å². The second-order valence-electron chi connectivity index (χ2n) is 17.0. The Balaban J connectivity index is 1.38. The molecule has 2 saturated heterocycles. The van der Waals surface area contributed by atoms with Crippen LogP contribution < -0.4 is 15.1 Å². The summed E-state index contributed by atoms with van der Waals surface area (Å²) in [6, 6.07) is 32.2. The van der Waals surface area contributed by atoms with E-state index in [9.17, 15) is 5.53 Å². The van der Waals surface area contributed by atoms with E-state index in [4.69, 9.17) is 27.8 Å². The first-order chi connectivity index (χ1) is 27.5. The fourth-order valence-electron chi connectivity index (χ4n) is 8.87. The first kappa shape index (κ1) is 44.8. The summed E-state index contributed by atoms with van der Waals surface area (Å²) in [5, 5.41) is 6.67. The topological polar surface area (TPSA) is 104 Å². The number of methoxy groups -OCH3 is 1. The molecule has 3 aromatic carbocycles. The van der Waals surface area contributed by atoms with Gasteiger partial charge in [-0.25, -0.2) is 0 Å². The monoisotopic (exact) mass is 813 g/mol. The summed E-state index contributed by atoms with van der Waals surface area (Å²) < 4.78 is 39.7. The average molecular weight is 814 g/mol. The largest absolute Gasteiger partial charge is 0.497 e. The molecule has 11 heteroatoms. The zero-order valence-electron chi connectivity index (χ0n) is 35.5. The number of rotatable bonds is 20. The lowest BCUT2D eigenvalue weighted by Crippen LogP contribution is -2.68. The lowest BCUT2D eigenvalue weighted by Gasteiger charge is -2.48. The Bertz CT molecular complexity index is 1670. The summed E-state index contributed by atoms with van der Waals surface area (Å²) in [6.07, 6.45) is 3.71. The third-order valence-corrected chi connectivity index (χ3v) is 22.0. The van der Waals surface area contributed by atoms with E-state index >= 15 is 0 Å². The summed E-state index contributed by atoms with van der Waals surface area (Å²) in [4.78, 5) is 3.34. The van der Waals surface area contributed by atoms with Crippen LogP contribution in [0.4, 0.5) is 0 Å². The molecule has 0 radical (unpaired) electrons. The summed E-state index contributed by atoms with van der Waals surface area (Å²) in [6.45, 7) is 19.5. The minimum atomic E-state index is -2.89. The minimum absolute atomic E-state index is 0.0233. The average Bonchev–Trinajstić information content (AvgIpc) is 3.22. The van der Waals surface area contributed by atoms with Crippen molar-refractivity contribution < 1.29 is 27.8 Å². The van der Waals surface area contributed by atoms with Crippen molar-refractivity contribution in [1.82, 2.24) is 0 Å². The van der Waals surface area contributed by atoms with Crippen LogP contribution in [-0.2, 0) is 29.7 Å². The highest BCUT2D eigenvalue weighted by molar-refractivity contribution is 6.99. The van der Waals surface area contributed by atoms with Crippen LogP contribution in [0, 0.1) is 0 Å². The molecule has 0 bridgehead atoms. The molecule has 57 heavy (non-hydrogen) atoms. The number of ether oxygens (including phenoxy) is 4. The maximum atomic E-state index is 9.87. The molecule has 2 aliphatic heterocycles. The SMILES string of the molecule is C=C1C[C@H](C[C@@H]2C[C@@H](O[Si](c3ccccc3)(c3ccccc3)C(C)(C)C)C[C@H]([C@@H](CO[Si](CC)(CC)CC)N=[N+]=[N-])O2)O[C@@H](CCOCc2ccc(OC)cc2)C1. The first-order valence-corrected chi connectivity index (χ1v) is 25.6. The van der Waals surface area contributed by atoms with Crippen molar-refractivity contribution in [2.45, 2.75) is 146 Å². The highest BCUT2D eigenvalue weighted by Crippen LogP contribution is 2.41. The van der Waals surface area contributed by atoms with Crippen LogP contribution in [0.3, 0.4) is 0 Å². The van der Waals surface area contributed by atoms with Gasteiger partial charge in [0, 0.05) is 24.5 Å². The number of hydrogen-bond acceptors (Lipinski definition) is 7. The molecule has 2 fully saturated rings. The normalized spacial score (nSPS) is 22.4. The summed E-state index contributed by atoms with van der Waals surface area (Å²) in [7, 11) is -3.17. The molecule has 0 spiro atoms. The molecular weight excluding hydrogens is 747 g/mol. The van der Waals surface area contributed by atoms with Gasteiger partial charge in [-0.2, -0.15) is 0 Å². The van der Waals surface area contributed by atoms with Crippen molar-refractivity contribution in [2.24, 2.45) is 5.11 Å². The highest BCUT2D eigenvalue weighted by atomic mass is 28.4. The van der Waals surface area contributed by atoms with E-state index in [0.29, 0.717) is 39.1 Å². The highest BCUT2D eigenvalue weighted by Gasteiger charge is 2.52. The van der Waals surface area contributed by atoms with Gasteiger partial charge < -0.3 is 27.8 Å². The van der Waals surface area contributed by atoms with Gasteiger partial charge in [-0.1, -0.05) is 132 Å². The summed E-state index contributed by atoms with van der Waals surface area (Å²) >= 11 is 0. The Morgan fingerprint density at radius 3 is 2.02 bits per heavy atom. The quantitative estimate of drug-likeness (QED) is 0.0281. The number of azide groups is 1. The van der Waals surface area contributed by atoms with Crippen LogP contribution in [0.1, 0.15) is 85.6 Å². The predicted molar refractivity (Wildman–Crippen MR) is 235 cm³/mol. The molecule has 0 amide bonds. The van der Waals surface area contributed by atoms with E-state index in [1.165, 1.54) is 15.9 Å². The van der Waals surface area contributed by atoms with Crippen molar-refractivity contribution >= 4 is 27.0 Å². The fraction of sp³-hybridized carbons (Fsp3) is 0.565. The zero-order valence-corrected chi connectivity index (χ0v) is 37.5. The van der Waals surface area contributed by atoms with Crippen molar-refractivity contribution in [3.05, 3.63) is 113 Å². The molecule has 2 heterocycles. The van der Waals surface area contributed by atoms with Gasteiger partial charge in [-0.15, -0.1) is 0 Å². The smallest absolute Gasteiger partial charge is 0.261 e. The Hall–Kier alpha value is -3.26. The van der Waals surface area contributed by atoms with Crippen molar-refractivity contribution in [2.75, 3.05) is 20.3 Å². The number of hydrogen-bond donors (Lipinski definition) is 0. The van der Waals surface area contributed by atoms with Crippen LogP contribution in [0.25, 0.3) is 10.4 Å². The molecule has 0 aromatic heterocycles. The van der Waals surface area contributed by atoms with E-state index < -0.39 is 22.7 Å². The molecular formula is C46H67N3O6Si2. The summed E-state index contributed by atoms with van der Waals surface area (Å²) in [5.74, 6) is 0.836. The summed E-state index contributed by atoms with van der Waals surface area (Å²) in [5.41, 5.74) is 12.2. The van der Waals surface area contributed by atoms with Gasteiger partial charge in [0.15, 0.2) is 8.32 Å². The van der Waals surface area contributed by atoms with Crippen LogP contribution in [0.5, 0.6) is 5.75 Å². The molecule has 0 unspecified atom stereocenters. The van der Waals surface area contributed by atoms with Crippen molar-refractivity contribution in [1.29, 1.82) is 0 Å². The van der Waals surface area contributed by atoms with E-state index in [1.54, 1.807) is 7.11 Å². The lowest BCUT2D eigenvalue weighted by molar-refractivity contribution is -0.131. The van der Waals surface area contributed by atoms with Gasteiger partial charge in [0.05, 0.1) is 50.3 Å². The van der Waals surface area contributed by atoms with E-state index in [2.05, 4.69) is 119 Å². The molecule has 5 rings (SSSR count). The van der Waals surface area contributed by atoms with Crippen LogP contribution in [0.15, 0.2) is 102 Å². The van der Waals surface area contributed by atoms with Gasteiger partial charge in [0.25, 0.3) is 8.32 Å². The Morgan fingerprint density at radius 2 is 1.46 bits per heavy atom. The van der Waals surface area contributed by atoms with Crippen LogP contribution >= 0.6 is 0 Å². The molecule has 0 saturated carbocycles. The molecule has 2 aliphatic rings. The predicted octanol–water partition coefficient (Wildman–Crippen LogP) is 10.3. The molecule has 0 N–H and O–H groups in total. The second-order valence-corrected chi connectivity index (χ2v) is 26.0. The number of nitrogens with zero attached hydrogens (tertiary/aromatic N) is 3. The van der Waals surface area contributed by atoms with Crippen molar-refractivity contribution in [3.63, 3.8) is 0 Å². The van der Waals surface area contributed by atoms with E-state index in [-0.39, 0.29) is 35.6 Å². The van der Waals surface area contributed by atoms with Crippen molar-refractivity contribution in [3.8, 4) is 5.75 Å². The second kappa shape index (κ2) is 21.1. The third-order valence-electron chi connectivity index (χ3n) is 12.2.